The lowest BCUT2D eigenvalue weighted by Gasteiger charge is -2.45. The number of hydrogen-bond acceptors (Lipinski definition) is 1. The van der Waals surface area contributed by atoms with Gasteiger partial charge in [-0.1, -0.05) is 37.6 Å². The van der Waals surface area contributed by atoms with Gasteiger partial charge < -0.3 is 4.74 Å². The zero-order valence-corrected chi connectivity index (χ0v) is 18.0. The molecule has 1 heteroatoms. The van der Waals surface area contributed by atoms with Crippen LogP contribution in [0.3, 0.4) is 0 Å². The third-order valence-electron chi connectivity index (χ3n) is 8.08. The van der Waals surface area contributed by atoms with Gasteiger partial charge in [-0.15, -0.1) is 6.58 Å². The van der Waals surface area contributed by atoms with Crippen LogP contribution in [-0.4, -0.2) is 12.7 Å². The average molecular weight is 381 g/mol. The number of benzene rings is 1. The monoisotopic (exact) mass is 380 g/mol. The second kappa shape index (κ2) is 9.61. The Morgan fingerprint density at radius 1 is 0.964 bits per heavy atom. The number of unbranched alkanes of at least 4 members (excludes halogenated alkanes) is 1. The second-order valence-electron chi connectivity index (χ2n) is 9.86. The first-order valence-electron chi connectivity index (χ1n) is 12.1. The highest BCUT2D eigenvalue weighted by Crippen LogP contribution is 2.47. The van der Waals surface area contributed by atoms with Gasteiger partial charge in [0, 0.05) is 0 Å². The first kappa shape index (κ1) is 20.2. The Balaban J connectivity index is 1.31. The molecule has 0 bridgehead atoms. The number of hydrogen-bond donors (Lipinski definition) is 0. The SMILES string of the molecule is C=CCO[C@@H]1CC[C@@H]2CC(C3CCc4cc(CCCC)ccc4C3)CCC2C1. The van der Waals surface area contributed by atoms with Gasteiger partial charge >= 0.3 is 0 Å². The second-order valence-corrected chi connectivity index (χ2v) is 9.86. The summed E-state index contributed by atoms with van der Waals surface area (Å²) in [5, 5.41) is 0. The van der Waals surface area contributed by atoms with Gasteiger partial charge in [0.15, 0.2) is 0 Å². The molecule has 0 saturated heterocycles. The molecule has 4 rings (SSSR count). The highest BCUT2D eigenvalue weighted by atomic mass is 16.5. The van der Waals surface area contributed by atoms with Gasteiger partial charge in [0.2, 0.25) is 0 Å². The molecule has 2 fully saturated rings. The Labute approximate surface area is 173 Å². The fourth-order valence-corrected chi connectivity index (χ4v) is 6.44. The molecule has 0 N–H and O–H groups in total. The predicted molar refractivity (Wildman–Crippen MR) is 119 cm³/mol. The van der Waals surface area contributed by atoms with E-state index >= 15 is 0 Å². The van der Waals surface area contributed by atoms with Crippen molar-refractivity contribution in [1.82, 2.24) is 0 Å². The van der Waals surface area contributed by atoms with E-state index in [1.807, 2.05) is 6.08 Å². The highest BCUT2D eigenvalue weighted by Gasteiger charge is 2.38. The van der Waals surface area contributed by atoms with Crippen LogP contribution in [0.5, 0.6) is 0 Å². The lowest BCUT2D eigenvalue weighted by atomic mass is 9.62. The van der Waals surface area contributed by atoms with Crippen molar-refractivity contribution in [1.29, 1.82) is 0 Å². The van der Waals surface area contributed by atoms with Crippen LogP contribution >= 0.6 is 0 Å². The molecule has 28 heavy (non-hydrogen) atoms. The van der Waals surface area contributed by atoms with Crippen molar-refractivity contribution in [3.8, 4) is 0 Å². The summed E-state index contributed by atoms with van der Waals surface area (Å²) in [6.45, 7) is 6.82. The molecule has 0 aliphatic heterocycles. The Morgan fingerprint density at radius 2 is 1.75 bits per heavy atom. The molecule has 3 aliphatic rings. The molecular weight excluding hydrogens is 340 g/mol. The van der Waals surface area contributed by atoms with E-state index in [-0.39, 0.29) is 0 Å². The van der Waals surface area contributed by atoms with Gasteiger partial charge in [-0.25, -0.2) is 0 Å². The van der Waals surface area contributed by atoms with Crippen LogP contribution < -0.4 is 0 Å². The maximum absolute atomic E-state index is 5.98. The molecule has 3 unspecified atom stereocenters. The third-order valence-corrected chi connectivity index (χ3v) is 8.08. The maximum atomic E-state index is 5.98. The summed E-state index contributed by atoms with van der Waals surface area (Å²) < 4.78 is 5.98. The number of aryl methyl sites for hydroxylation is 2. The van der Waals surface area contributed by atoms with Gasteiger partial charge in [-0.3, -0.25) is 0 Å². The summed E-state index contributed by atoms with van der Waals surface area (Å²) in [5.74, 6) is 3.81. The zero-order valence-electron chi connectivity index (χ0n) is 18.0. The summed E-state index contributed by atoms with van der Waals surface area (Å²) in [5.41, 5.74) is 4.90. The summed E-state index contributed by atoms with van der Waals surface area (Å²) in [7, 11) is 0. The standard InChI is InChI=1S/C27H40O/c1-3-5-6-20-7-8-22-17-23(10-9-21(22)16-20)24-11-12-26-19-27(28-15-4-2)14-13-25(26)18-24/h4,7-8,16,23-27H,2-3,5-6,9-15,17-19H2,1H3/t23?,24?,25-,26?,27-/m1/s1. The van der Waals surface area contributed by atoms with Gasteiger partial charge in [0.05, 0.1) is 12.7 Å². The van der Waals surface area contributed by atoms with E-state index < -0.39 is 0 Å². The minimum Gasteiger partial charge on any atom is -0.374 e. The lowest BCUT2D eigenvalue weighted by Crippen LogP contribution is -2.37. The van der Waals surface area contributed by atoms with E-state index in [1.54, 1.807) is 16.7 Å². The molecule has 0 radical (unpaired) electrons. The molecule has 0 aromatic heterocycles. The molecular formula is C27H40O. The van der Waals surface area contributed by atoms with E-state index in [1.165, 1.54) is 77.0 Å². The topological polar surface area (TPSA) is 9.23 Å². The van der Waals surface area contributed by atoms with Crippen LogP contribution in [-0.2, 0) is 24.0 Å². The summed E-state index contributed by atoms with van der Waals surface area (Å²) in [6.07, 6.45) is 18.7. The minimum atomic E-state index is 0.499. The highest BCUT2D eigenvalue weighted by molar-refractivity contribution is 5.34. The minimum absolute atomic E-state index is 0.499. The molecule has 2 saturated carbocycles. The van der Waals surface area contributed by atoms with Crippen molar-refractivity contribution >= 4 is 0 Å². The molecule has 154 valence electrons. The molecule has 1 aromatic rings. The van der Waals surface area contributed by atoms with Gasteiger partial charge in [-0.2, -0.15) is 0 Å². The Morgan fingerprint density at radius 3 is 2.57 bits per heavy atom. The largest absolute Gasteiger partial charge is 0.374 e. The number of ether oxygens (including phenoxy) is 1. The van der Waals surface area contributed by atoms with Crippen molar-refractivity contribution in [2.45, 2.75) is 90.1 Å². The molecule has 5 atom stereocenters. The van der Waals surface area contributed by atoms with Crippen LogP contribution in [0.4, 0.5) is 0 Å². The first-order valence-corrected chi connectivity index (χ1v) is 12.1. The lowest BCUT2D eigenvalue weighted by molar-refractivity contribution is -0.0137. The molecule has 1 nitrogen and oxygen atoms in total. The molecule has 3 aliphatic carbocycles. The predicted octanol–water partition coefficient (Wildman–Crippen LogP) is 6.92. The summed E-state index contributed by atoms with van der Waals surface area (Å²) in [6, 6.07) is 7.42. The zero-order chi connectivity index (χ0) is 19.3. The smallest absolute Gasteiger partial charge is 0.0648 e. The molecule has 0 amide bonds. The van der Waals surface area contributed by atoms with E-state index in [0.717, 1.165) is 30.3 Å². The number of fused-ring (bicyclic) bond motifs is 2. The van der Waals surface area contributed by atoms with Gasteiger partial charge in [0.25, 0.3) is 0 Å². The number of rotatable bonds is 7. The van der Waals surface area contributed by atoms with Crippen LogP contribution in [0, 0.1) is 23.7 Å². The van der Waals surface area contributed by atoms with Crippen molar-refractivity contribution in [3.05, 3.63) is 47.5 Å². The van der Waals surface area contributed by atoms with Crippen LogP contribution in [0.2, 0.25) is 0 Å². The van der Waals surface area contributed by atoms with E-state index in [0.29, 0.717) is 6.10 Å². The summed E-state index contributed by atoms with van der Waals surface area (Å²) in [4.78, 5) is 0. The van der Waals surface area contributed by atoms with Crippen molar-refractivity contribution < 1.29 is 4.74 Å². The fourth-order valence-electron chi connectivity index (χ4n) is 6.44. The van der Waals surface area contributed by atoms with Crippen molar-refractivity contribution in [2.75, 3.05) is 6.61 Å². The van der Waals surface area contributed by atoms with Crippen LogP contribution in [0.1, 0.15) is 81.4 Å². The quantitative estimate of drug-likeness (QED) is 0.466. The first-order chi connectivity index (χ1) is 13.8. The van der Waals surface area contributed by atoms with E-state index in [2.05, 4.69) is 31.7 Å². The molecule has 0 heterocycles. The molecule has 0 spiro atoms. The molecule has 1 aromatic carbocycles. The summed E-state index contributed by atoms with van der Waals surface area (Å²) >= 11 is 0. The van der Waals surface area contributed by atoms with Gasteiger partial charge in [-0.05, 0) is 111 Å². The average Bonchev–Trinajstić information content (AvgIpc) is 2.75. The van der Waals surface area contributed by atoms with E-state index in [4.69, 9.17) is 4.74 Å². The Kier molecular flexibility index (Phi) is 6.94. The maximum Gasteiger partial charge on any atom is 0.0648 e. The van der Waals surface area contributed by atoms with Crippen molar-refractivity contribution in [3.63, 3.8) is 0 Å². The van der Waals surface area contributed by atoms with Crippen molar-refractivity contribution in [2.24, 2.45) is 23.7 Å². The van der Waals surface area contributed by atoms with E-state index in [9.17, 15) is 0 Å². The Hall–Kier alpha value is -1.08. The van der Waals surface area contributed by atoms with Crippen LogP contribution in [0.15, 0.2) is 30.9 Å². The van der Waals surface area contributed by atoms with Gasteiger partial charge in [0.1, 0.15) is 0 Å². The van der Waals surface area contributed by atoms with Crippen LogP contribution in [0.25, 0.3) is 0 Å². The normalized spacial score (nSPS) is 32.4. The third kappa shape index (κ3) is 4.73. The fraction of sp³-hybridized carbons (Fsp3) is 0.704. The Bertz CT molecular complexity index is 648.